The lowest BCUT2D eigenvalue weighted by Gasteiger charge is -2.24. The Morgan fingerprint density at radius 1 is 1.14 bits per heavy atom. The molecule has 0 aliphatic heterocycles. The zero-order valence-electron chi connectivity index (χ0n) is 15.2. The minimum Gasteiger partial charge on any atom is -0.134 e. The molecule has 1 rings (SSSR count). The Morgan fingerprint density at radius 3 is 2.09 bits per heavy atom. The van der Waals surface area contributed by atoms with Crippen molar-refractivity contribution < 1.29 is 0 Å². The molecule has 1 aromatic rings. The molecule has 0 unspecified atom stereocenters. The number of allylic oxidation sites excluding steroid dienone is 5. The van der Waals surface area contributed by atoms with Crippen molar-refractivity contribution in [3.05, 3.63) is 64.1 Å². The third-order valence-corrected chi connectivity index (χ3v) is 5.16. The Labute approximate surface area is 141 Å². The molecule has 1 aromatic carbocycles. The molecule has 0 amide bonds. The van der Waals surface area contributed by atoms with E-state index in [1.807, 2.05) is 0 Å². The summed E-state index contributed by atoms with van der Waals surface area (Å²) in [4.78, 5) is 1.32. The maximum atomic E-state index is 4.18. The first-order valence-electron chi connectivity index (χ1n) is 7.93. The van der Waals surface area contributed by atoms with E-state index in [2.05, 4.69) is 84.7 Å². The van der Waals surface area contributed by atoms with Gasteiger partial charge < -0.3 is 0 Å². The Kier molecular flexibility index (Phi) is 6.74. The second-order valence-electron chi connectivity index (χ2n) is 6.61. The van der Waals surface area contributed by atoms with Crippen LogP contribution in [0.25, 0.3) is 5.57 Å². The standard InChI is InChI=1S/C21H30S/c1-9-21(6,7)19-12-10-18(11-13-19)20(15(2)3)16(4)14-17(5)22-8/h10-14H,2,9H2,1,3-8H3/b17-14+,20-16+. The van der Waals surface area contributed by atoms with Crippen LogP contribution in [0.1, 0.15) is 59.1 Å². The summed E-state index contributed by atoms with van der Waals surface area (Å²) in [7, 11) is 0. The SMILES string of the molecule is C=C(C)/C(=C(C)\C=C(/C)SC)c1ccc(C(C)(C)CC)cc1. The molecule has 0 saturated carbocycles. The molecule has 0 spiro atoms. The molecule has 0 heterocycles. The van der Waals surface area contributed by atoms with Gasteiger partial charge in [0.05, 0.1) is 0 Å². The van der Waals surface area contributed by atoms with Gasteiger partial charge in [0, 0.05) is 0 Å². The van der Waals surface area contributed by atoms with Crippen LogP contribution in [0.4, 0.5) is 0 Å². The van der Waals surface area contributed by atoms with Crippen molar-refractivity contribution in [2.45, 2.75) is 53.4 Å². The largest absolute Gasteiger partial charge is 0.134 e. The fourth-order valence-electron chi connectivity index (χ4n) is 2.54. The number of thioether (sulfide) groups is 1. The van der Waals surface area contributed by atoms with E-state index in [0.29, 0.717) is 0 Å². The summed E-state index contributed by atoms with van der Waals surface area (Å²) in [6.45, 7) is 17.4. The first kappa shape index (κ1) is 18.8. The predicted molar refractivity (Wildman–Crippen MR) is 104 cm³/mol. The van der Waals surface area contributed by atoms with Crippen molar-refractivity contribution in [1.82, 2.24) is 0 Å². The van der Waals surface area contributed by atoms with Gasteiger partial charge in [0.15, 0.2) is 0 Å². The molecule has 0 saturated heterocycles. The fourth-order valence-corrected chi connectivity index (χ4v) is 2.83. The molecular weight excluding hydrogens is 284 g/mol. The van der Waals surface area contributed by atoms with Gasteiger partial charge in [-0.15, -0.1) is 11.8 Å². The van der Waals surface area contributed by atoms with Crippen LogP contribution in [0.15, 0.2) is 53.0 Å². The summed E-state index contributed by atoms with van der Waals surface area (Å²) < 4.78 is 0. The average molecular weight is 315 g/mol. The Balaban J connectivity index is 3.31. The van der Waals surface area contributed by atoms with Gasteiger partial charge in [-0.2, -0.15) is 0 Å². The Bertz CT molecular complexity index is 583. The van der Waals surface area contributed by atoms with Crippen molar-refractivity contribution in [1.29, 1.82) is 0 Å². The van der Waals surface area contributed by atoms with Gasteiger partial charge in [-0.3, -0.25) is 0 Å². The van der Waals surface area contributed by atoms with E-state index in [9.17, 15) is 0 Å². The van der Waals surface area contributed by atoms with Crippen LogP contribution in [-0.4, -0.2) is 6.26 Å². The van der Waals surface area contributed by atoms with E-state index >= 15 is 0 Å². The van der Waals surface area contributed by atoms with Crippen LogP contribution in [0.3, 0.4) is 0 Å². The zero-order chi connectivity index (χ0) is 16.9. The molecule has 0 bridgehead atoms. The molecule has 120 valence electrons. The molecule has 0 nitrogen and oxygen atoms in total. The molecule has 1 heteroatoms. The summed E-state index contributed by atoms with van der Waals surface area (Å²) in [5.74, 6) is 0. The first-order chi connectivity index (χ1) is 10.2. The minimum absolute atomic E-state index is 0.232. The van der Waals surface area contributed by atoms with Gasteiger partial charge in [0.25, 0.3) is 0 Å². The van der Waals surface area contributed by atoms with Crippen LogP contribution >= 0.6 is 11.8 Å². The van der Waals surface area contributed by atoms with Gasteiger partial charge in [-0.05, 0) is 72.1 Å². The fraction of sp³-hybridized carbons (Fsp3) is 0.429. The maximum absolute atomic E-state index is 4.18. The lowest BCUT2D eigenvalue weighted by Crippen LogP contribution is -2.15. The summed E-state index contributed by atoms with van der Waals surface area (Å²) >= 11 is 1.78. The Hall–Kier alpha value is -1.21. The van der Waals surface area contributed by atoms with Crippen LogP contribution in [0.2, 0.25) is 0 Å². The third kappa shape index (κ3) is 4.64. The summed E-state index contributed by atoms with van der Waals surface area (Å²) in [6.07, 6.45) is 5.50. The van der Waals surface area contributed by atoms with Crippen molar-refractivity contribution >= 4 is 17.3 Å². The second kappa shape index (κ2) is 7.87. The summed E-state index contributed by atoms with van der Waals surface area (Å²) in [6, 6.07) is 9.01. The summed E-state index contributed by atoms with van der Waals surface area (Å²) in [5, 5.41) is 0. The highest BCUT2D eigenvalue weighted by molar-refractivity contribution is 8.02. The maximum Gasteiger partial charge on any atom is -0.0106 e. The van der Waals surface area contributed by atoms with Gasteiger partial charge in [0.2, 0.25) is 0 Å². The molecule has 0 atom stereocenters. The highest BCUT2D eigenvalue weighted by Crippen LogP contribution is 2.31. The van der Waals surface area contributed by atoms with E-state index in [0.717, 1.165) is 12.0 Å². The summed E-state index contributed by atoms with van der Waals surface area (Å²) in [5.41, 5.74) is 6.54. The number of hydrogen-bond acceptors (Lipinski definition) is 1. The zero-order valence-corrected chi connectivity index (χ0v) is 16.0. The smallest absolute Gasteiger partial charge is 0.0106 e. The van der Waals surface area contributed by atoms with Crippen molar-refractivity contribution in [2.24, 2.45) is 0 Å². The Morgan fingerprint density at radius 2 is 1.68 bits per heavy atom. The van der Waals surface area contributed by atoms with Crippen LogP contribution in [0, 0.1) is 0 Å². The van der Waals surface area contributed by atoms with Gasteiger partial charge in [-0.25, -0.2) is 0 Å². The quantitative estimate of drug-likeness (QED) is 0.510. The first-order valence-corrected chi connectivity index (χ1v) is 9.15. The molecule has 0 N–H and O–H groups in total. The van der Waals surface area contributed by atoms with E-state index < -0.39 is 0 Å². The number of benzene rings is 1. The minimum atomic E-state index is 0.232. The van der Waals surface area contributed by atoms with Crippen molar-refractivity contribution in [3.63, 3.8) is 0 Å². The highest BCUT2D eigenvalue weighted by Gasteiger charge is 2.18. The monoisotopic (exact) mass is 314 g/mol. The highest BCUT2D eigenvalue weighted by atomic mass is 32.2. The normalized spacial score (nSPS) is 13.9. The molecular formula is C21H30S. The third-order valence-electron chi connectivity index (χ3n) is 4.40. The topological polar surface area (TPSA) is 0 Å². The molecule has 0 aliphatic rings. The van der Waals surface area contributed by atoms with Crippen LogP contribution < -0.4 is 0 Å². The average Bonchev–Trinajstić information content (AvgIpc) is 2.47. The molecule has 0 aliphatic carbocycles. The van der Waals surface area contributed by atoms with Crippen LogP contribution in [0.5, 0.6) is 0 Å². The molecule has 0 radical (unpaired) electrons. The van der Waals surface area contributed by atoms with Crippen molar-refractivity contribution in [3.8, 4) is 0 Å². The number of rotatable bonds is 6. The molecule has 0 fully saturated rings. The lowest BCUT2D eigenvalue weighted by atomic mass is 9.81. The van der Waals surface area contributed by atoms with Gasteiger partial charge in [0.1, 0.15) is 0 Å². The second-order valence-corrected chi connectivity index (χ2v) is 7.66. The lowest BCUT2D eigenvalue weighted by molar-refractivity contribution is 0.506. The van der Waals surface area contributed by atoms with Gasteiger partial charge >= 0.3 is 0 Å². The predicted octanol–water partition coefficient (Wildman–Crippen LogP) is 6.99. The molecule has 22 heavy (non-hydrogen) atoms. The molecule has 0 aromatic heterocycles. The van der Waals surface area contributed by atoms with E-state index in [1.165, 1.54) is 27.2 Å². The van der Waals surface area contributed by atoms with Crippen molar-refractivity contribution in [2.75, 3.05) is 6.26 Å². The van der Waals surface area contributed by atoms with E-state index in [1.54, 1.807) is 11.8 Å². The van der Waals surface area contributed by atoms with E-state index in [4.69, 9.17) is 0 Å². The van der Waals surface area contributed by atoms with Gasteiger partial charge in [-0.1, -0.05) is 57.2 Å². The number of hydrogen-bond donors (Lipinski definition) is 0. The van der Waals surface area contributed by atoms with Crippen LogP contribution in [-0.2, 0) is 5.41 Å². The van der Waals surface area contributed by atoms with E-state index in [-0.39, 0.29) is 5.41 Å².